The molecule has 3 aromatic carbocycles. The number of anilines is 1. The fraction of sp³-hybridized carbons (Fsp3) is 0.250. The Balaban J connectivity index is 1.41. The lowest BCUT2D eigenvalue weighted by Gasteiger charge is -2.34. The molecule has 1 N–H and O–H groups in total. The van der Waals surface area contributed by atoms with Gasteiger partial charge in [-0.15, -0.1) is 0 Å². The molecular formula is C28H25NO5. The molecule has 34 heavy (non-hydrogen) atoms. The van der Waals surface area contributed by atoms with Gasteiger partial charge < -0.3 is 24.3 Å². The van der Waals surface area contributed by atoms with E-state index in [0.717, 1.165) is 52.2 Å². The van der Waals surface area contributed by atoms with Crippen molar-refractivity contribution < 1.29 is 23.7 Å². The van der Waals surface area contributed by atoms with Gasteiger partial charge in [0, 0.05) is 35.4 Å². The lowest BCUT2D eigenvalue weighted by Crippen LogP contribution is -2.26. The summed E-state index contributed by atoms with van der Waals surface area (Å²) in [5.41, 5.74) is 5.84. The average Bonchev–Trinajstić information content (AvgIpc) is 3.33. The molecule has 0 saturated heterocycles. The Morgan fingerprint density at radius 2 is 1.79 bits per heavy atom. The van der Waals surface area contributed by atoms with Gasteiger partial charge in [0.2, 0.25) is 6.79 Å². The molecule has 2 aliphatic heterocycles. The molecule has 1 atom stereocenters. The highest BCUT2D eigenvalue weighted by molar-refractivity contribution is 6.01. The smallest absolute Gasteiger partial charge is 0.231 e. The van der Waals surface area contributed by atoms with Crippen LogP contribution in [0.2, 0.25) is 0 Å². The Morgan fingerprint density at radius 3 is 2.62 bits per heavy atom. The zero-order valence-electron chi connectivity index (χ0n) is 18.9. The second kappa shape index (κ2) is 8.45. The summed E-state index contributed by atoms with van der Waals surface area (Å²) >= 11 is 0. The summed E-state index contributed by atoms with van der Waals surface area (Å²) in [5, 5.41) is 3.50. The van der Waals surface area contributed by atoms with Gasteiger partial charge in [-0.3, -0.25) is 4.79 Å². The van der Waals surface area contributed by atoms with Crippen molar-refractivity contribution >= 4 is 11.5 Å². The van der Waals surface area contributed by atoms with Gasteiger partial charge in [-0.1, -0.05) is 36.4 Å². The fourth-order valence-electron chi connectivity index (χ4n) is 5.02. The van der Waals surface area contributed by atoms with Crippen LogP contribution in [0.4, 0.5) is 5.69 Å². The third kappa shape index (κ3) is 3.55. The summed E-state index contributed by atoms with van der Waals surface area (Å²) in [7, 11) is 1.64. The molecule has 3 aliphatic rings. The highest BCUT2D eigenvalue weighted by Crippen LogP contribution is 2.50. The number of carbonyl (C=O) groups is 1. The van der Waals surface area contributed by atoms with E-state index < -0.39 is 0 Å². The van der Waals surface area contributed by atoms with Crippen LogP contribution in [0.15, 0.2) is 71.9 Å². The van der Waals surface area contributed by atoms with E-state index in [-0.39, 0.29) is 18.5 Å². The van der Waals surface area contributed by atoms with Crippen molar-refractivity contribution in [3.8, 4) is 23.0 Å². The topological polar surface area (TPSA) is 66.0 Å². The number of fused-ring (bicyclic) bond motifs is 2. The molecule has 0 bridgehead atoms. The maximum atomic E-state index is 13.1. The molecule has 0 spiro atoms. The van der Waals surface area contributed by atoms with Gasteiger partial charge >= 0.3 is 0 Å². The van der Waals surface area contributed by atoms with Gasteiger partial charge in [0.25, 0.3) is 0 Å². The number of benzene rings is 3. The molecule has 2 heterocycles. The fourth-order valence-corrected chi connectivity index (χ4v) is 5.02. The van der Waals surface area contributed by atoms with Crippen molar-refractivity contribution in [2.24, 2.45) is 0 Å². The molecule has 0 saturated carbocycles. The van der Waals surface area contributed by atoms with Gasteiger partial charge in [-0.25, -0.2) is 0 Å². The first-order valence-electron chi connectivity index (χ1n) is 11.5. The molecule has 172 valence electrons. The number of carbonyl (C=O) groups excluding carboxylic acids is 1. The van der Waals surface area contributed by atoms with Crippen molar-refractivity contribution in [1.29, 1.82) is 0 Å². The average molecular weight is 456 g/mol. The first-order chi connectivity index (χ1) is 16.7. The number of ketones is 1. The minimum atomic E-state index is -0.217. The van der Waals surface area contributed by atoms with Crippen LogP contribution in [-0.2, 0) is 11.4 Å². The number of nitrogens with one attached hydrogen (secondary N) is 1. The van der Waals surface area contributed by atoms with E-state index in [1.807, 2.05) is 60.7 Å². The Bertz CT molecular complexity index is 1300. The second-order valence-corrected chi connectivity index (χ2v) is 8.70. The van der Waals surface area contributed by atoms with Crippen LogP contribution in [0.25, 0.3) is 0 Å². The van der Waals surface area contributed by atoms with Gasteiger partial charge in [-0.2, -0.15) is 0 Å². The number of ether oxygens (including phenoxy) is 4. The van der Waals surface area contributed by atoms with Crippen molar-refractivity contribution in [3.63, 3.8) is 0 Å². The van der Waals surface area contributed by atoms with Crippen LogP contribution in [-0.4, -0.2) is 19.7 Å². The maximum absolute atomic E-state index is 13.1. The highest BCUT2D eigenvalue weighted by atomic mass is 16.7. The summed E-state index contributed by atoms with van der Waals surface area (Å²) in [5.74, 6) is 2.70. The Kier molecular flexibility index (Phi) is 5.13. The highest BCUT2D eigenvalue weighted by Gasteiger charge is 2.37. The Morgan fingerprint density at radius 1 is 0.971 bits per heavy atom. The number of rotatable bonds is 5. The van der Waals surface area contributed by atoms with Gasteiger partial charge in [-0.05, 0) is 47.7 Å². The number of hydrogen-bond acceptors (Lipinski definition) is 6. The van der Waals surface area contributed by atoms with Crippen LogP contribution in [0.5, 0.6) is 23.0 Å². The van der Waals surface area contributed by atoms with E-state index in [4.69, 9.17) is 18.9 Å². The number of methoxy groups -OCH3 is 1. The van der Waals surface area contributed by atoms with Crippen LogP contribution in [0, 0.1) is 0 Å². The summed E-state index contributed by atoms with van der Waals surface area (Å²) < 4.78 is 23.0. The third-order valence-electron chi connectivity index (χ3n) is 6.64. The van der Waals surface area contributed by atoms with E-state index in [1.165, 1.54) is 0 Å². The normalized spacial score (nSPS) is 18.1. The minimum absolute atomic E-state index is 0.186. The first-order valence-corrected chi connectivity index (χ1v) is 11.5. The van der Waals surface area contributed by atoms with Crippen LogP contribution >= 0.6 is 0 Å². The number of allylic oxidation sites excluding steroid dienone is 2. The van der Waals surface area contributed by atoms with Crippen molar-refractivity contribution in [2.75, 3.05) is 19.2 Å². The standard InChI is InChI=1S/C28H25NO5/c1-31-24-12-18(10-11-23(24)32-15-17-6-3-2-4-7-17)27-19-13-25-26(34-16-33-25)14-21(19)29-20-8-5-9-22(30)28(20)27/h2-4,6-7,10-14,27,29H,5,8-9,15-16H2,1H3/t27-/m0/s1. The number of hydrogen-bond donors (Lipinski definition) is 1. The third-order valence-corrected chi connectivity index (χ3v) is 6.64. The largest absolute Gasteiger partial charge is 0.493 e. The SMILES string of the molecule is COc1cc([C@@H]2C3=C(CCCC3=O)Nc3cc4c(cc32)OCO4)ccc1OCc1ccccc1. The molecule has 1 aliphatic carbocycles. The van der Waals surface area contributed by atoms with E-state index in [9.17, 15) is 4.79 Å². The van der Waals surface area contributed by atoms with Crippen LogP contribution in [0.1, 0.15) is 41.9 Å². The predicted molar refractivity (Wildman–Crippen MR) is 128 cm³/mol. The molecular weight excluding hydrogens is 430 g/mol. The monoisotopic (exact) mass is 455 g/mol. The first kappa shape index (κ1) is 20.7. The minimum Gasteiger partial charge on any atom is -0.493 e. The second-order valence-electron chi connectivity index (χ2n) is 8.70. The lowest BCUT2D eigenvalue weighted by molar-refractivity contribution is -0.116. The summed E-state index contributed by atoms with van der Waals surface area (Å²) in [6.07, 6.45) is 2.26. The molecule has 6 heteroatoms. The molecule has 0 amide bonds. The van der Waals surface area contributed by atoms with E-state index >= 15 is 0 Å². The Hall–Kier alpha value is -3.93. The van der Waals surface area contributed by atoms with Gasteiger partial charge in [0.05, 0.1) is 7.11 Å². The summed E-state index contributed by atoms with van der Waals surface area (Å²) in [6.45, 7) is 0.653. The van der Waals surface area contributed by atoms with E-state index in [1.54, 1.807) is 7.11 Å². The van der Waals surface area contributed by atoms with Gasteiger partial charge in [0.1, 0.15) is 6.61 Å². The van der Waals surface area contributed by atoms with Crippen molar-refractivity contribution in [1.82, 2.24) is 0 Å². The molecule has 6 rings (SSSR count). The predicted octanol–water partition coefficient (Wildman–Crippen LogP) is 5.57. The molecule has 3 aromatic rings. The summed E-state index contributed by atoms with van der Waals surface area (Å²) in [6, 6.07) is 19.9. The van der Waals surface area contributed by atoms with E-state index in [2.05, 4.69) is 5.32 Å². The maximum Gasteiger partial charge on any atom is 0.231 e. The zero-order chi connectivity index (χ0) is 23.1. The van der Waals surface area contributed by atoms with Crippen molar-refractivity contribution in [3.05, 3.63) is 88.6 Å². The van der Waals surface area contributed by atoms with Crippen molar-refractivity contribution in [2.45, 2.75) is 31.8 Å². The Labute approximate surface area is 198 Å². The molecule has 0 radical (unpaired) electrons. The number of Topliss-reactive ketones (excluding diaryl/α,β-unsaturated/α-hetero) is 1. The lowest BCUT2D eigenvalue weighted by atomic mass is 9.75. The van der Waals surface area contributed by atoms with Crippen LogP contribution < -0.4 is 24.3 Å². The summed E-state index contributed by atoms with van der Waals surface area (Å²) in [4.78, 5) is 13.1. The van der Waals surface area contributed by atoms with E-state index in [0.29, 0.717) is 30.3 Å². The quantitative estimate of drug-likeness (QED) is 0.543. The molecule has 0 fully saturated rings. The van der Waals surface area contributed by atoms with Gasteiger partial charge in [0.15, 0.2) is 28.8 Å². The molecule has 0 aromatic heterocycles. The molecule has 0 unspecified atom stereocenters. The zero-order valence-corrected chi connectivity index (χ0v) is 18.9. The molecule has 6 nitrogen and oxygen atoms in total. The van der Waals surface area contributed by atoms with Crippen LogP contribution in [0.3, 0.4) is 0 Å².